The van der Waals surface area contributed by atoms with Gasteiger partial charge in [0.2, 0.25) is 0 Å². The van der Waals surface area contributed by atoms with Crippen molar-refractivity contribution in [3.05, 3.63) is 21.9 Å². The first-order valence-electron chi connectivity index (χ1n) is 7.26. The fourth-order valence-electron chi connectivity index (χ4n) is 2.31. The highest BCUT2D eigenvalue weighted by molar-refractivity contribution is 7.14. The van der Waals surface area contributed by atoms with E-state index in [0.29, 0.717) is 25.6 Å². The summed E-state index contributed by atoms with van der Waals surface area (Å²) in [5, 5.41) is 0. The number of hydrogen-bond acceptors (Lipinski definition) is 4. The second-order valence-electron chi connectivity index (χ2n) is 5.24. The number of amides is 1. The number of rotatable bonds is 6. The van der Waals surface area contributed by atoms with E-state index in [0.717, 1.165) is 9.75 Å². The Morgan fingerprint density at radius 2 is 2.33 bits per heavy atom. The van der Waals surface area contributed by atoms with Crippen LogP contribution in [-0.4, -0.2) is 43.7 Å². The van der Waals surface area contributed by atoms with E-state index in [-0.39, 0.29) is 11.9 Å². The highest BCUT2D eigenvalue weighted by Gasteiger charge is 2.34. The van der Waals surface area contributed by atoms with Gasteiger partial charge < -0.3 is 15.4 Å². The average Bonchev–Trinajstić information content (AvgIpc) is 3.23. The molecule has 2 rings (SSSR count). The first-order valence-corrected chi connectivity index (χ1v) is 8.07. The summed E-state index contributed by atoms with van der Waals surface area (Å²) in [7, 11) is 1.66. The molecular formula is C16H22N2O2S. The van der Waals surface area contributed by atoms with Crippen LogP contribution in [0.1, 0.15) is 34.3 Å². The van der Waals surface area contributed by atoms with Gasteiger partial charge in [-0.05, 0) is 37.8 Å². The molecule has 1 aromatic rings. The van der Waals surface area contributed by atoms with Crippen LogP contribution in [0, 0.1) is 17.8 Å². The van der Waals surface area contributed by atoms with Crippen molar-refractivity contribution in [2.75, 3.05) is 26.8 Å². The second kappa shape index (κ2) is 7.60. The Morgan fingerprint density at radius 1 is 1.57 bits per heavy atom. The maximum absolute atomic E-state index is 12.7. The number of thiophene rings is 1. The number of hydrogen-bond donors (Lipinski definition) is 1. The summed E-state index contributed by atoms with van der Waals surface area (Å²) in [6.07, 6.45) is 2.44. The molecule has 5 heteroatoms. The number of carbonyl (C=O) groups is 1. The summed E-state index contributed by atoms with van der Waals surface area (Å²) in [5.41, 5.74) is 5.37. The molecular weight excluding hydrogens is 284 g/mol. The molecule has 1 unspecified atom stereocenters. The fraction of sp³-hybridized carbons (Fsp3) is 0.562. The van der Waals surface area contributed by atoms with Gasteiger partial charge in [0, 0.05) is 19.7 Å². The standard InChI is InChI=1S/C16H22N2O2S/c1-12(13-5-6-13)18(10-11-20-2)16(19)15-8-7-14(21-15)4-3-9-17/h7-8,12-13H,5-6,9-11,17H2,1-2H3. The van der Waals surface area contributed by atoms with Gasteiger partial charge in [0.05, 0.1) is 22.9 Å². The minimum Gasteiger partial charge on any atom is -0.383 e. The minimum absolute atomic E-state index is 0.0808. The van der Waals surface area contributed by atoms with Crippen molar-refractivity contribution in [1.29, 1.82) is 0 Å². The molecule has 0 radical (unpaired) electrons. The zero-order chi connectivity index (χ0) is 15.2. The van der Waals surface area contributed by atoms with Crippen LogP contribution in [0.2, 0.25) is 0 Å². The second-order valence-corrected chi connectivity index (χ2v) is 6.32. The molecule has 1 atom stereocenters. The van der Waals surface area contributed by atoms with Crippen molar-refractivity contribution in [2.45, 2.75) is 25.8 Å². The quantitative estimate of drug-likeness (QED) is 0.817. The minimum atomic E-state index is 0.0808. The lowest BCUT2D eigenvalue weighted by Gasteiger charge is -2.28. The van der Waals surface area contributed by atoms with Gasteiger partial charge in [0.1, 0.15) is 0 Å². The molecule has 1 heterocycles. The van der Waals surface area contributed by atoms with E-state index in [1.165, 1.54) is 24.2 Å². The molecule has 114 valence electrons. The number of nitrogens with two attached hydrogens (primary N) is 1. The van der Waals surface area contributed by atoms with Crippen LogP contribution in [0.15, 0.2) is 12.1 Å². The molecule has 1 fully saturated rings. The third-order valence-corrected chi connectivity index (χ3v) is 4.71. The van der Waals surface area contributed by atoms with E-state index in [9.17, 15) is 4.79 Å². The Hall–Kier alpha value is -1.35. The number of carbonyl (C=O) groups excluding carboxylic acids is 1. The van der Waals surface area contributed by atoms with Crippen LogP contribution in [0.4, 0.5) is 0 Å². The Labute approximate surface area is 130 Å². The number of ether oxygens (including phenoxy) is 1. The predicted molar refractivity (Wildman–Crippen MR) is 85.3 cm³/mol. The molecule has 0 aliphatic heterocycles. The van der Waals surface area contributed by atoms with Crippen LogP contribution in [-0.2, 0) is 4.74 Å². The van der Waals surface area contributed by atoms with Gasteiger partial charge in [0.15, 0.2) is 0 Å². The molecule has 1 aliphatic rings. The van der Waals surface area contributed by atoms with Gasteiger partial charge in [-0.15, -0.1) is 11.3 Å². The van der Waals surface area contributed by atoms with Crippen molar-refractivity contribution in [1.82, 2.24) is 4.90 Å². The molecule has 21 heavy (non-hydrogen) atoms. The van der Waals surface area contributed by atoms with Gasteiger partial charge in [0.25, 0.3) is 5.91 Å². The van der Waals surface area contributed by atoms with E-state index in [1.807, 2.05) is 17.0 Å². The van der Waals surface area contributed by atoms with Gasteiger partial charge in [-0.1, -0.05) is 11.8 Å². The Kier molecular flexibility index (Phi) is 5.80. The SMILES string of the molecule is COCCN(C(=O)c1ccc(C#CCN)s1)C(C)C1CC1. The lowest BCUT2D eigenvalue weighted by Crippen LogP contribution is -2.41. The molecule has 1 aromatic heterocycles. The molecule has 0 saturated heterocycles. The normalized spacial score (nSPS) is 15.2. The summed E-state index contributed by atoms with van der Waals surface area (Å²) in [6.45, 7) is 3.66. The summed E-state index contributed by atoms with van der Waals surface area (Å²) < 4.78 is 5.14. The van der Waals surface area contributed by atoms with E-state index in [1.54, 1.807) is 7.11 Å². The van der Waals surface area contributed by atoms with E-state index in [2.05, 4.69) is 18.8 Å². The first kappa shape index (κ1) is 16.0. The molecule has 4 nitrogen and oxygen atoms in total. The number of nitrogens with zero attached hydrogens (tertiary/aromatic N) is 1. The Morgan fingerprint density at radius 3 is 2.95 bits per heavy atom. The molecule has 1 amide bonds. The lowest BCUT2D eigenvalue weighted by atomic mass is 10.1. The molecule has 0 bridgehead atoms. The van der Waals surface area contributed by atoms with Crippen molar-refractivity contribution < 1.29 is 9.53 Å². The Bertz CT molecular complexity index is 540. The summed E-state index contributed by atoms with van der Waals surface area (Å²) in [6, 6.07) is 4.01. The summed E-state index contributed by atoms with van der Waals surface area (Å²) >= 11 is 1.43. The van der Waals surface area contributed by atoms with Crippen LogP contribution >= 0.6 is 11.3 Å². The molecule has 2 N–H and O–H groups in total. The molecule has 0 aromatic carbocycles. The maximum atomic E-state index is 12.7. The van der Waals surface area contributed by atoms with Crippen LogP contribution in [0.5, 0.6) is 0 Å². The molecule has 0 spiro atoms. The van der Waals surface area contributed by atoms with Crippen LogP contribution in [0.3, 0.4) is 0 Å². The van der Waals surface area contributed by atoms with E-state index < -0.39 is 0 Å². The van der Waals surface area contributed by atoms with Gasteiger partial charge >= 0.3 is 0 Å². The van der Waals surface area contributed by atoms with Gasteiger partial charge in [-0.25, -0.2) is 0 Å². The topological polar surface area (TPSA) is 55.6 Å². The third-order valence-electron chi connectivity index (χ3n) is 3.72. The highest BCUT2D eigenvalue weighted by atomic mass is 32.1. The highest BCUT2D eigenvalue weighted by Crippen LogP contribution is 2.35. The summed E-state index contributed by atoms with van der Waals surface area (Å²) in [4.78, 5) is 16.3. The average molecular weight is 306 g/mol. The van der Waals surface area contributed by atoms with E-state index >= 15 is 0 Å². The monoisotopic (exact) mass is 306 g/mol. The first-order chi connectivity index (χ1) is 10.2. The zero-order valence-electron chi connectivity index (χ0n) is 12.6. The number of methoxy groups -OCH3 is 1. The Balaban J connectivity index is 2.10. The lowest BCUT2D eigenvalue weighted by molar-refractivity contribution is 0.0599. The smallest absolute Gasteiger partial charge is 0.264 e. The van der Waals surface area contributed by atoms with Gasteiger partial charge in [-0.3, -0.25) is 4.79 Å². The predicted octanol–water partition coefficient (Wildman–Crippen LogP) is 1.95. The van der Waals surface area contributed by atoms with Crippen LogP contribution < -0.4 is 5.73 Å². The zero-order valence-corrected chi connectivity index (χ0v) is 13.4. The fourth-order valence-corrected chi connectivity index (χ4v) is 3.15. The van der Waals surface area contributed by atoms with Crippen molar-refractivity contribution in [2.24, 2.45) is 11.7 Å². The largest absolute Gasteiger partial charge is 0.383 e. The van der Waals surface area contributed by atoms with Gasteiger partial charge in [-0.2, -0.15) is 0 Å². The third kappa shape index (κ3) is 4.31. The van der Waals surface area contributed by atoms with Crippen molar-refractivity contribution >= 4 is 17.2 Å². The maximum Gasteiger partial charge on any atom is 0.264 e. The van der Waals surface area contributed by atoms with Crippen LogP contribution in [0.25, 0.3) is 0 Å². The van der Waals surface area contributed by atoms with Crippen molar-refractivity contribution in [3.63, 3.8) is 0 Å². The van der Waals surface area contributed by atoms with Crippen molar-refractivity contribution in [3.8, 4) is 11.8 Å². The molecule has 1 saturated carbocycles. The molecule has 1 aliphatic carbocycles. The summed E-state index contributed by atoms with van der Waals surface area (Å²) in [5.74, 6) is 6.51. The van der Waals surface area contributed by atoms with E-state index in [4.69, 9.17) is 10.5 Å².